The van der Waals surface area contributed by atoms with E-state index < -0.39 is 8.32 Å². The van der Waals surface area contributed by atoms with Crippen molar-refractivity contribution < 1.29 is 4.43 Å². The normalized spacial score (nSPS) is 20.5. The van der Waals surface area contributed by atoms with E-state index in [1.165, 1.54) is 67.8 Å². The summed E-state index contributed by atoms with van der Waals surface area (Å²) in [5.41, 5.74) is 3.23. The zero-order valence-electron chi connectivity index (χ0n) is 18.5. The molecule has 1 N–H and O–H groups in total. The van der Waals surface area contributed by atoms with Gasteiger partial charge in [0.1, 0.15) is 0 Å². The molecule has 0 heterocycles. The van der Waals surface area contributed by atoms with Crippen LogP contribution in [0.3, 0.4) is 0 Å². The standard InChI is InChI=1S/C24H40ClNOSi/c1-5-28(6-2,7-3)27-22(23-19(4)9-8-10-21(23)25)18-26-17-20-11-13-24(14-12-20)15-16-24/h8-10,20,22,26H,5-7,11-18H2,1-4H3. The van der Waals surface area contributed by atoms with Crippen LogP contribution in [0, 0.1) is 18.3 Å². The van der Waals surface area contributed by atoms with E-state index in [0.29, 0.717) is 0 Å². The van der Waals surface area contributed by atoms with E-state index in [1.807, 2.05) is 12.1 Å². The van der Waals surface area contributed by atoms with Gasteiger partial charge in [0.25, 0.3) is 0 Å². The molecular weight excluding hydrogens is 382 g/mol. The molecule has 2 nitrogen and oxygen atoms in total. The minimum Gasteiger partial charge on any atom is -0.409 e. The molecule has 1 atom stereocenters. The molecule has 0 radical (unpaired) electrons. The summed E-state index contributed by atoms with van der Waals surface area (Å²) in [7, 11) is -1.71. The summed E-state index contributed by atoms with van der Waals surface area (Å²) in [5, 5.41) is 4.64. The van der Waals surface area contributed by atoms with Crippen molar-refractivity contribution in [1.29, 1.82) is 0 Å². The summed E-state index contributed by atoms with van der Waals surface area (Å²) in [6.45, 7) is 11.1. The van der Waals surface area contributed by atoms with Crippen molar-refractivity contribution in [2.75, 3.05) is 13.1 Å². The highest BCUT2D eigenvalue weighted by molar-refractivity contribution is 6.73. The Kier molecular flexibility index (Phi) is 7.69. The fraction of sp³-hybridized carbons (Fsp3) is 0.750. The second-order valence-corrected chi connectivity index (χ2v) is 14.6. The molecule has 28 heavy (non-hydrogen) atoms. The first kappa shape index (κ1) is 22.3. The lowest BCUT2D eigenvalue weighted by atomic mass is 9.80. The van der Waals surface area contributed by atoms with Crippen molar-refractivity contribution in [3.8, 4) is 0 Å². The van der Waals surface area contributed by atoms with Gasteiger partial charge < -0.3 is 9.74 Å². The van der Waals surface area contributed by atoms with Crippen molar-refractivity contribution in [1.82, 2.24) is 5.32 Å². The molecule has 2 aliphatic rings. The topological polar surface area (TPSA) is 21.3 Å². The Balaban J connectivity index is 1.65. The van der Waals surface area contributed by atoms with Crippen LogP contribution < -0.4 is 5.32 Å². The van der Waals surface area contributed by atoms with Gasteiger partial charge in [-0.2, -0.15) is 0 Å². The molecule has 0 aromatic heterocycles. The van der Waals surface area contributed by atoms with Gasteiger partial charge in [-0.3, -0.25) is 0 Å². The third kappa shape index (κ3) is 5.22. The molecule has 2 fully saturated rings. The van der Waals surface area contributed by atoms with Crippen LogP contribution >= 0.6 is 11.6 Å². The van der Waals surface area contributed by atoms with Crippen LogP contribution in [-0.2, 0) is 4.43 Å². The summed E-state index contributed by atoms with van der Waals surface area (Å²) >= 11 is 6.66. The smallest absolute Gasteiger partial charge is 0.192 e. The van der Waals surface area contributed by atoms with Crippen LogP contribution in [0.15, 0.2) is 18.2 Å². The van der Waals surface area contributed by atoms with Gasteiger partial charge in [0.05, 0.1) is 6.10 Å². The van der Waals surface area contributed by atoms with Crippen LogP contribution in [0.5, 0.6) is 0 Å². The lowest BCUT2D eigenvalue weighted by molar-refractivity contribution is 0.178. The molecule has 0 bridgehead atoms. The predicted molar refractivity (Wildman–Crippen MR) is 124 cm³/mol. The maximum absolute atomic E-state index is 6.96. The molecule has 0 saturated heterocycles. The monoisotopic (exact) mass is 421 g/mol. The third-order valence-electron chi connectivity index (χ3n) is 7.80. The maximum Gasteiger partial charge on any atom is 0.192 e. The minimum absolute atomic E-state index is 0.0681. The molecular formula is C24H40ClNOSi. The highest BCUT2D eigenvalue weighted by Gasteiger charge is 2.44. The molecule has 2 aliphatic carbocycles. The number of rotatable bonds is 10. The Labute approximate surface area is 178 Å². The van der Waals surface area contributed by atoms with Crippen molar-refractivity contribution >= 4 is 19.9 Å². The zero-order valence-corrected chi connectivity index (χ0v) is 20.2. The highest BCUT2D eigenvalue weighted by atomic mass is 35.5. The number of benzene rings is 1. The number of hydrogen-bond acceptors (Lipinski definition) is 2. The summed E-state index contributed by atoms with van der Waals surface area (Å²) < 4.78 is 6.96. The second kappa shape index (κ2) is 9.64. The van der Waals surface area contributed by atoms with Gasteiger partial charge in [0, 0.05) is 17.1 Å². The van der Waals surface area contributed by atoms with Gasteiger partial charge in [-0.25, -0.2) is 0 Å². The fourth-order valence-electron chi connectivity index (χ4n) is 5.15. The van der Waals surface area contributed by atoms with E-state index in [9.17, 15) is 0 Å². The lowest BCUT2D eigenvalue weighted by Gasteiger charge is -2.35. The Morgan fingerprint density at radius 1 is 1.11 bits per heavy atom. The average molecular weight is 422 g/mol. The molecule has 4 heteroatoms. The van der Waals surface area contributed by atoms with Crippen LogP contribution in [0.4, 0.5) is 0 Å². The van der Waals surface area contributed by atoms with Crippen molar-refractivity contribution in [3.05, 3.63) is 34.3 Å². The quantitative estimate of drug-likeness (QED) is 0.401. The fourth-order valence-corrected chi connectivity index (χ4v) is 8.29. The first-order chi connectivity index (χ1) is 13.5. The summed E-state index contributed by atoms with van der Waals surface area (Å²) in [4.78, 5) is 0. The van der Waals surface area contributed by atoms with Gasteiger partial charge in [0.15, 0.2) is 8.32 Å². The van der Waals surface area contributed by atoms with E-state index in [-0.39, 0.29) is 6.10 Å². The van der Waals surface area contributed by atoms with Gasteiger partial charge in [0.2, 0.25) is 0 Å². The lowest BCUT2D eigenvalue weighted by Crippen LogP contribution is -2.40. The van der Waals surface area contributed by atoms with Crippen LogP contribution in [0.1, 0.15) is 76.5 Å². The largest absolute Gasteiger partial charge is 0.409 e. The van der Waals surface area contributed by atoms with Gasteiger partial charge in [-0.1, -0.05) is 44.5 Å². The highest BCUT2D eigenvalue weighted by Crippen LogP contribution is 2.57. The predicted octanol–water partition coefficient (Wildman–Crippen LogP) is 7.27. The molecule has 1 spiro atoms. The molecule has 2 saturated carbocycles. The second-order valence-electron chi connectivity index (χ2n) is 9.42. The van der Waals surface area contributed by atoms with Crippen LogP contribution in [0.2, 0.25) is 23.2 Å². The van der Waals surface area contributed by atoms with Gasteiger partial charge in [-0.15, -0.1) is 0 Å². The van der Waals surface area contributed by atoms with Crippen LogP contribution in [0.25, 0.3) is 0 Å². The summed E-state index contributed by atoms with van der Waals surface area (Å²) in [6, 6.07) is 9.75. The summed E-state index contributed by atoms with van der Waals surface area (Å²) in [5.74, 6) is 0.838. The molecule has 1 aromatic carbocycles. The Bertz CT molecular complexity index is 603. The Morgan fingerprint density at radius 3 is 2.29 bits per heavy atom. The number of nitrogens with one attached hydrogen (secondary N) is 1. The summed E-state index contributed by atoms with van der Waals surface area (Å²) in [6.07, 6.45) is 8.78. The first-order valence-corrected chi connectivity index (χ1v) is 14.5. The third-order valence-corrected chi connectivity index (χ3v) is 12.8. The average Bonchev–Trinajstić information content (AvgIpc) is 3.46. The molecule has 1 aromatic rings. The first-order valence-electron chi connectivity index (χ1n) is 11.6. The van der Waals surface area contributed by atoms with E-state index in [2.05, 4.69) is 39.1 Å². The van der Waals surface area contributed by atoms with Crippen molar-refractivity contribution in [3.63, 3.8) is 0 Å². The van der Waals surface area contributed by atoms with Crippen molar-refractivity contribution in [2.24, 2.45) is 11.3 Å². The Hall–Kier alpha value is -0.353. The number of hydrogen-bond donors (Lipinski definition) is 1. The van der Waals surface area contributed by atoms with E-state index >= 15 is 0 Å². The minimum atomic E-state index is -1.71. The van der Waals surface area contributed by atoms with Gasteiger partial charge in [-0.05, 0) is 93.1 Å². The molecule has 0 aliphatic heterocycles. The van der Waals surface area contributed by atoms with E-state index in [1.54, 1.807) is 0 Å². The van der Waals surface area contributed by atoms with E-state index in [0.717, 1.165) is 29.4 Å². The molecule has 158 valence electrons. The van der Waals surface area contributed by atoms with E-state index in [4.69, 9.17) is 16.0 Å². The van der Waals surface area contributed by atoms with Crippen molar-refractivity contribution in [2.45, 2.75) is 90.5 Å². The Morgan fingerprint density at radius 2 is 1.75 bits per heavy atom. The van der Waals surface area contributed by atoms with Gasteiger partial charge >= 0.3 is 0 Å². The molecule has 3 rings (SSSR count). The zero-order chi connectivity index (χ0) is 20.2. The maximum atomic E-state index is 6.96. The number of aryl methyl sites for hydroxylation is 1. The molecule has 0 amide bonds. The number of halogens is 1. The SMILES string of the molecule is CC[Si](CC)(CC)OC(CNCC1CCC2(CC1)CC2)c1c(C)cccc1Cl. The molecule has 1 unspecified atom stereocenters. The van der Waals surface area contributed by atoms with Crippen LogP contribution in [-0.4, -0.2) is 21.4 Å².